The third-order valence-corrected chi connectivity index (χ3v) is 5.37. The van der Waals surface area contributed by atoms with E-state index in [1.165, 1.54) is 0 Å². The van der Waals surface area contributed by atoms with Crippen LogP contribution in [0.5, 0.6) is 0 Å². The first-order valence-corrected chi connectivity index (χ1v) is 10.4. The van der Waals surface area contributed by atoms with Gasteiger partial charge in [-0.3, -0.25) is 19.3 Å². The van der Waals surface area contributed by atoms with Crippen molar-refractivity contribution in [1.82, 2.24) is 9.80 Å². The number of hydrogen-bond acceptors (Lipinski definition) is 4. The predicted molar refractivity (Wildman–Crippen MR) is 118 cm³/mol. The minimum Gasteiger partial charge on any atom is -0.340 e. The number of anilines is 1. The molecule has 1 saturated heterocycles. The van der Waals surface area contributed by atoms with Crippen LogP contribution in [0.4, 0.5) is 5.69 Å². The van der Waals surface area contributed by atoms with Crippen molar-refractivity contribution in [2.24, 2.45) is 0 Å². The van der Waals surface area contributed by atoms with Crippen LogP contribution in [0.2, 0.25) is 0 Å². The fourth-order valence-corrected chi connectivity index (χ4v) is 3.46. The second-order valence-corrected chi connectivity index (χ2v) is 7.86. The quantitative estimate of drug-likeness (QED) is 0.717. The Morgan fingerprint density at radius 3 is 1.97 bits per heavy atom. The van der Waals surface area contributed by atoms with Crippen LogP contribution >= 0.6 is 0 Å². The topological polar surface area (TPSA) is 69.7 Å². The van der Waals surface area contributed by atoms with Gasteiger partial charge in [0.1, 0.15) is 0 Å². The Kier molecular flexibility index (Phi) is 7.36. The van der Waals surface area contributed by atoms with E-state index in [0.29, 0.717) is 38.3 Å². The van der Waals surface area contributed by atoms with E-state index in [-0.39, 0.29) is 30.4 Å². The van der Waals surface area contributed by atoms with Gasteiger partial charge in [-0.25, -0.2) is 0 Å². The molecule has 0 radical (unpaired) electrons. The number of aryl methyl sites for hydroxylation is 2. The molecule has 0 spiro atoms. The molecule has 6 heteroatoms. The van der Waals surface area contributed by atoms with E-state index in [1.807, 2.05) is 67.3 Å². The highest BCUT2D eigenvalue weighted by atomic mass is 16.2. The summed E-state index contributed by atoms with van der Waals surface area (Å²) in [6, 6.07) is 15.1. The second kappa shape index (κ2) is 10.2. The largest absolute Gasteiger partial charge is 0.340 e. The van der Waals surface area contributed by atoms with Gasteiger partial charge in [0.05, 0.1) is 6.54 Å². The standard InChI is InChI=1S/C24H29N3O3/c1-18-3-7-20(8-4-18)22(28)11-12-24(30)27-15-13-26(14-16-27)17-23(29)25-21-9-5-19(2)6-10-21/h3-10H,11-17H2,1-2H3,(H,25,29). The smallest absolute Gasteiger partial charge is 0.238 e. The maximum absolute atomic E-state index is 12.5. The van der Waals surface area contributed by atoms with Crippen LogP contribution in [0.1, 0.15) is 34.3 Å². The number of rotatable bonds is 7. The van der Waals surface area contributed by atoms with Crippen molar-refractivity contribution in [2.45, 2.75) is 26.7 Å². The van der Waals surface area contributed by atoms with Crippen molar-refractivity contribution in [3.05, 3.63) is 65.2 Å². The molecule has 0 bridgehead atoms. The first kappa shape index (κ1) is 21.7. The Hall–Kier alpha value is -2.99. The number of piperazine rings is 1. The van der Waals surface area contributed by atoms with Crippen molar-refractivity contribution in [2.75, 3.05) is 38.0 Å². The average Bonchev–Trinajstić information content (AvgIpc) is 2.74. The number of ketones is 1. The highest BCUT2D eigenvalue weighted by molar-refractivity contribution is 5.98. The molecule has 158 valence electrons. The van der Waals surface area contributed by atoms with E-state index in [0.717, 1.165) is 16.8 Å². The number of amides is 2. The molecule has 6 nitrogen and oxygen atoms in total. The molecule has 30 heavy (non-hydrogen) atoms. The summed E-state index contributed by atoms with van der Waals surface area (Å²) in [5, 5.41) is 2.90. The molecule has 0 atom stereocenters. The SMILES string of the molecule is Cc1ccc(NC(=O)CN2CCN(C(=O)CCC(=O)c3ccc(C)cc3)CC2)cc1. The van der Waals surface area contributed by atoms with Crippen LogP contribution in [-0.4, -0.2) is 60.1 Å². The predicted octanol–water partition coefficient (Wildman–Crippen LogP) is 3.05. The number of nitrogens with zero attached hydrogens (tertiary/aromatic N) is 2. The molecule has 0 unspecified atom stereocenters. The maximum atomic E-state index is 12.5. The average molecular weight is 408 g/mol. The van der Waals surface area contributed by atoms with E-state index in [9.17, 15) is 14.4 Å². The van der Waals surface area contributed by atoms with Gasteiger partial charge in [0.2, 0.25) is 11.8 Å². The minimum atomic E-state index is -0.0534. The Balaban J connectivity index is 1.38. The molecule has 2 aromatic carbocycles. The number of hydrogen-bond donors (Lipinski definition) is 1. The lowest BCUT2D eigenvalue weighted by Gasteiger charge is -2.34. The maximum Gasteiger partial charge on any atom is 0.238 e. The normalized spacial score (nSPS) is 14.4. The Bertz CT molecular complexity index is 883. The first-order chi connectivity index (χ1) is 14.4. The fraction of sp³-hybridized carbons (Fsp3) is 0.375. The zero-order valence-electron chi connectivity index (χ0n) is 17.7. The number of carbonyl (C=O) groups is 3. The number of carbonyl (C=O) groups excluding carboxylic acids is 3. The zero-order valence-corrected chi connectivity index (χ0v) is 17.7. The zero-order chi connectivity index (χ0) is 21.5. The fourth-order valence-electron chi connectivity index (χ4n) is 3.46. The van der Waals surface area contributed by atoms with Crippen LogP contribution in [0.15, 0.2) is 48.5 Å². The first-order valence-electron chi connectivity index (χ1n) is 10.4. The Morgan fingerprint density at radius 2 is 1.37 bits per heavy atom. The van der Waals surface area contributed by atoms with E-state index in [1.54, 1.807) is 4.90 Å². The van der Waals surface area contributed by atoms with E-state index in [2.05, 4.69) is 5.32 Å². The summed E-state index contributed by atoms with van der Waals surface area (Å²) in [6.45, 7) is 6.75. The summed E-state index contributed by atoms with van der Waals surface area (Å²) >= 11 is 0. The molecule has 2 amide bonds. The molecular formula is C24H29N3O3. The van der Waals surface area contributed by atoms with Crippen LogP contribution in [0.3, 0.4) is 0 Å². The molecule has 1 N–H and O–H groups in total. The summed E-state index contributed by atoms with van der Waals surface area (Å²) in [6.07, 6.45) is 0.446. The van der Waals surface area contributed by atoms with Crippen molar-refractivity contribution in [3.63, 3.8) is 0 Å². The van der Waals surface area contributed by atoms with Crippen LogP contribution in [0.25, 0.3) is 0 Å². The van der Waals surface area contributed by atoms with Gasteiger partial charge in [0, 0.05) is 50.3 Å². The highest BCUT2D eigenvalue weighted by Gasteiger charge is 2.23. The molecule has 0 aliphatic carbocycles. The van der Waals surface area contributed by atoms with Crippen molar-refractivity contribution in [1.29, 1.82) is 0 Å². The molecular weight excluding hydrogens is 378 g/mol. The summed E-state index contributed by atoms with van der Waals surface area (Å²) in [5.74, 6) is -0.0590. The molecule has 1 aliphatic heterocycles. The Morgan fingerprint density at radius 1 is 0.800 bits per heavy atom. The lowest BCUT2D eigenvalue weighted by Crippen LogP contribution is -2.50. The van der Waals surface area contributed by atoms with Gasteiger partial charge < -0.3 is 10.2 Å². The molecule has 3 rings (SSSR count). The summed E-state index contributed by atoms with van der Waals surface area (Å²) in [4.78, 5) is 40.8. The number of nitrogens with one attached hydrogen (secondary N) is 1. The molecule has 0 saturated carbocycles. The third kappa shape index (κ3) is 6.26. The second-order valence-electron chi connectivity index (χ2n) is 7.86. The molecule has 1 aliphatic rings. The molecule has 0 aromatic heterocycles. The van der Waals surface area contributed by atoms with Gasteiger partial charge in [-0.05, 0) is 26.0 Å². The number of benzene rings is 2. The van der Waals surface area contributed by atoms with Crippen LogP contribution in [0, 0.1) is 13.8 Å². The monoisotopic (exact) mass is 407 g/mol. The van der Waals surface area contributed by atoms with Gasteiger partial charge >= 0.3 is 0 Å². The summed E-state index contributed by atoms with van der Waals surface area (Å²) in [7, 11) is 0. The van der Waals surface area contributed by atoms with Gasteiger partial charge in [0.25, 0.3) is 0 Å². The molecule has 1 fully saturated rings. The van der Waals surface area contributed by atoms with Gasteiger partial charge in [-0.15, -0.1) is 0 Å². The summed E-state index contributed by atoms with van der Waals surface area (Å²) in [5.41, 5.74) is 3.69. The Labute approximate surface area is 177 Å². The summed E-state index contributed by atoms with van der Waals surface area (Å²) < 4.78 is 0. The van der Waals surface area contributed by atoms with Gasteiger partial charge in [-0.1, -0.05) is 47.5 Å². The molecule has 2 aromatic rings. The van der Waals surface area contributed by atoms with Crippen molar-refractivity contribution >= 4 is 23.3 Å². The third-order valence-electron chi connectivity index (χ3n) is 5.37. The highest BCUT2D eigenvalue weighted by Crippen LogP contribution is 2.11. The molecule has 1 heterocycles. The van der Waals surface area contributed by atoms with E-state index in [4.69, 9.17) is 0 Å². The van der Waals surface area contributed by atoms with Crippen LogP contribution < -0.4 is 5.32 Å². The van der Waals surface area contributed by atoms with E-state index >= 15 is 0 Å². The van der Waals surface area contributed by atoms with Gasteiger partial charge in [-0.2, -0.15) is 0 Å². The minimum absolute atomic E-state index is 0.000724. The lowest BCUT2D eigenvalue weighted by molar-refractivity contribution is -0.133. The van der Waals surface area contributed by atoms with Crippen LogP contribution in [-0.2, 0) is 9.59 Å². The lowest BCUT2D eigenvalue weighted by atomic mass is 10.0. The van der Waals surface area contributed by atoms with Crippen molar-refractivity contribution in [3.8, 4) is 0 Å². The number of Topliss-reactive ketones (excluding diaryl/α,β-unsaturated/α-hetero) is 1. The van der Waals surface area contributed by atoms with E-state index < -0.39 is 0 Å². The van der Waals surface area contributed by atoms with Gasteiger partial charge in [0.15, 0.2) is 5.78 Å². The van der Waals surface area contributed by atoms with Crippen molar-refractivity contribution < 1.29 is 14.4 Å².